The highest BCUT2D eigenvalue weighted by atomic mass is 32.2. The minimum Gasteiger partial charge on any atom is -0.378 e. The fraction of sp³-hybridized carbons (Fsp3) is 0.438. The summed E-state index contributed by atoms with van der Waals surface area (Å²) in [4.78, 5) is 39.4. The lowest BCUT2D eigenvalue weighted by Gasteiger charge is -2.26. The largest absolute Gasteiger partial charge is 0.378 e. The molecule has 122 valence electrons. The molecular weight excluding hydrogens is 316 g/mol. The summed E-state index contributed by atoms with van der Waals surface area (Å²) in [6.45, 7) is 2.78. The minimum atomic E-state index is -0.245. The third-order valence-electron chi connectivity index (χ3n) is 3.93. The molecule has 2 aliphatic heterocycles. The van der Waals surface area contributed by atoms with Crippen LogP contribution >= 0.6 is 11.8 Å². The van der Waals surface area contributed by atoms with Crippen molar-refractivity contribution in [3.8, 4) is 0 Å². The summed E-state index contributed by atoms with van der Waals surface area (Å²) in [5.74, 6) is 0.516. The number of hydrogen-bond acceptors (Lipinski definition) is 5. The molecule has 0 aliphatic carbocycles. The number of thioether (sulfide) groups is 1. The number of fused-ring (bicyclic) bond motifs is 1. The topological polar surface area (TPSA) is 66.9 Å². The van der Waals surface area contributed by atoms with Gasteiger partial charge in [0, 0.05) is 25.4 Å². The van der Waals surface area contributed by atoms with Gasteiger partial charge >= 0.3 is 0 Å². The van der Waals surface area contributed by atoms with Crippen molar-refractivity contribution in [1.29, 1.82) is 0 Å². The second-order valence-electron chi connectivity index (χ2n) is 5.35. The quantitative estimate of drug-likeness (QED) is 0.591. The zero-order valence-electron chi connectivity index (χ0n) is 12.7. The zero-order chi connectivity index (χ0) is 16.2. The van der Waals surface area contributed by atoms with Crippen LogP contribution in [0, 0.1) is 0 Å². The first-order chi connectivity index (χ1) is 11.2. The smallest absolute Gasteiger partial charge is 0.261 e. The number of morpholine rings is 1. The van der Waals surface area contributed by atoms with Crippen molar-refractivity contribution >= 4 is 29.5 Å². The van der Waals surface area contributed by atoms with Gasteiger partial charge in [0.2, 0.25) is 5.91 Å². The van der Waals surface area contributed by atoms with Gasteiger partial charge in [-0.2, -0.15) is 11.8 Å². The molecule has 0 unspecified atom stereocenters. The molecule has 1 saturated heterocycles. The van der Waals surface area contributed by atoms with Gasteiger partial charge in [0.1, 0.15) is 0 Å². The molecule has 23 heavy (non-hydrogen) atoms. The summed E-state index contributed by atoms with van der Waals surface area (Å²) in [7, 11) is 0. The van der Waals surface area contributed by atoms with E-state index in [1.165, 1.54) is 16.7 Å². The molecule has 0 N–H and O–H groups in total. The molecule has 0 aromatic heterocycles. The fourth-order valence-electron chi connectivity index (χ4n) is 2.66. The number of amides is 3. The van der Waals surface area contributed by atoms with Crippen LogP contribution in [-0.4, -0.2) is 71.9 Å². The summed E-state index contributed by atoms with van der Waals surface area (Å²) in [6, 6.07) is 6.85. The van der Waals surface area contributed by atoms with E-state index in [1.807, 2.05) is 0 Å². The molecule has 1 aromatic carbocycles. The van der Waals surface area contributed by atoms with Crippen LogP contribution in [0.25, 0.3) is 0 Å². The Morgan fingerprint density at radius 1 is 1.09 bits per heavy atom. The highest BCUT2D eigenvalue weighted by molar-refractivity contribution is 7.99. The molecule has 7 heteroatoms. The van der Waals surface area contributed by atoms with Crippen LogP contribution in [0.2, 0.25) is 0 Å². The Labute approximate surface area is 138 Å². The molecule has 1 aromatic rings. The summed E-state index contributed by atoms with van der Waals surface area (Å²) < 4.78 is 5.22. The third-order valence-corrected chi connectivity index (χ3v) is 4.85. The van der Waals surface area contributed by atoms with Crippen LogP contribution < -0.4 is 0 Å². The van der Waals surface area contributed by atoms with Gasteiger partial charge in [-0.1, -0.05) is 12.1 Å². The molecule has 3 rings (SSSR count). The van der Waals surface area contributed by atoms with E-state index in [9.17, 15) is 14.4 Å². The van der Waals surface area contributed by atoms with Crippen molar-refractivity contribution in [1.82, 2.24) is 9.80 Å². The lowest BCUT2D eigenvalue weighted by molar-refractivity contribution is -0.132. The molecule has 0 bridgehead atoms. The number of imide groups is 1. The van der Waals surface area contributed by atoms with E-state index in [2.05, 4.69) is 0 Å². The van der Waals surface area contributed by atoms with Gasteiger partial charge in [-0.15, -0.1) is 0 Å². The van der Waals surface area contributed by atoms with Gasteiger partial charge in [0.25, 0.3) is 11.8 Å². The van der Waals surface area contributed by atoms with Gasteiger partial charge in [-0.05, 0) is 12.1 Å². The molecule has 3 amide bonds. The van der Waals surface area contributed by atoms with E-state index in [0.717, 1.165) is 0 Å². The second kappa shape index (κ2) is 7.14. The van der Waals surface area contributed by atoms with E-state index in [4.69, 9.17) is 4.74 Å². The molecule has 0 saturated carbocycles. The van der Waals surface area contributed by atoms with E-state index >= 15 is 0 Å². The van der Waals surface area contributed by atoms with E-state index in [0.29, 0.717) is 55.5 Å². The highest BCUT2D eigenvalue weighted by Crippen LogP contribution is 2.22. The number of carbonyl (C=O) groups is 3. The number of rotatable bonds is 5. The van der Waals surface area contributed by atoms with Gasteiger partial charge in [0.05, 0.1) is 30.1 Å². The van der Waals surface area contributed by atoms with Crippen molar-refractivity contribution in [3.63, 3.8) is 0 Å². The first kappa shape index (κ1) is 16.0. The van der Waals surface area contributed by atoms with Gasteiger partial charge in [-0.3, -0.25) is 19.3 Å². The van der Waals surface area contributed by atoms with Gasteiger partial charge in [-0.25, -0.2) is 0 Å². The Morgan fingerprint density at radius 2 is 1.70 bits per heavy atom. The lowest BCUT2D eigenvalue weighted by Crippen LogP contribution is -2.41. The van der Waals surface area contributed by atoms with Gasteiger partial charge in [0.15, 0.2) is 0 Å². The molecule has 1 fully saturated rings. The van der Waals surface area contributed by atoms with Crippen LogP contribution in [0.1, 0.15) is 20.7 Å². The Kier molecular flexibility index (Phi) is 4.97. The molecular formula is C16H18N2O4S. The maximum absolute atomic E-state index is 12.2. The third kappa shape index (κ3) is 3.40. The first-order valence-corrected chi connectivity index (χ1v) is 8.72. The number of benzene rings is 1. The Hall–Kier alpha value is -1.86. The molecule has 0 atom stereocenters. The van der Waals surface area contributed by atoms with E-state index in [1.54, 1.807) is 29.2 Å². The second-order valence-corrected chi connectivity index (χ2v) is 6.46. The minimum absolute atomic E-state index is 0.0839. The van der Waals surface area contributed by atoms with Crippen LogP contribution in [-0.2, 0) is 9.53 Å². The first-order valence-electron chi connectivity index (χ1n) is 7.57. The Bertz CT molecular complexity index is 593. The summed E-state index contributed by atoms with van der Waals surface area (Å²) in [6.07, 6.45) is 0. The van der Waals surface area contributed by atoms with Crippen LogP contribution in [0.15, 0.2) is 24.3 Å². The lowest BCUT2D eigenvalue weighted by atomic mass is 10.1. The fourth-order valence-corrected chi connectivity index (χ4v) is 3.47. The summed E-state index contributed by atoms with van der Waals surface area (Å²) >= 11 is 1.45. The number of hydrogen-bond donors (Lipinski definition) is 0. The van der Waals surface area contributed by atoms with Crippen molar-refractivity contribution in [3.05, 3.63) is 35.4 Å². The Balaban J connectivity index is 1.46. The molecule has 2 aliphatic rings. The average Bonchev–Trinajstić information content (AvgIpc) is 2.84. The summed E-state index contributed by atoms with van der Waals surface area (Å²) in [5, 5.41) is 0. The van der Waals surface area contributed by atoms with Crippen LogP contribution in [0.3, 0.4) is 0 Å². The standard InChI is InChI=1S/C16H18N2O4S/c19-14(17-5-8-22-9-6-17)11-23-10-7-18-15(20)12-3-1-2-4-13(12)16(18)21/h1-4H,5-11H2. The monoisotopic (exact) mass is 334 g/mol. The predicted molar refractivity (Wildman–Crippen MR) is 86.5 cm³/mol. The highest BCUT2D eigenvalue weighted by Gasteiger charge is 2.34. The molecule has 6 nitrogen and oxygen atoms in total. The molecule has 2 heterocycles. The average molecular weight is 334 g/mol. The van der Waals surface area contributed by atoms with Crippen LogP contribution in [0.5, 0.6) is 0 Å². The van der Waals surface area contributed by atoms with E-state index in [-0.39, 0.29) is 17.7 Å². The number of carbonyl (C=O) groups excluding carboxylic acids is 3. The summed E-state index contributed by atoms with van der Waals surface area (Å²) in [5.41, 5.74) is 0.929. The van der Waals surface area contributed by atoms with Gasteiger partial charge < -0.3 is 9.64 Å². The maximum atomic E-state index is 12.2. The SMILES string of the molecule is O=C(CSCCN1C(=O)c2ccccc2C1=O)N1CCOCC1. The zero-order valence-corrected chi connectivity index (χ0v) is 13.5. The maximum Gasteiger partial charge on any atom is 0.261 e. The predicted octanol–water partition coefficient (Wildman–Crippen LogP) is 0.875. The normalized spacial score (nSPS) is 17.6. The van der Waals surface area contributed by atoms with Crippen LogP contribution in [0.4, 0.5) is 0 Å². The van der Waals surface area contributed by atoms with E-state index < -0.39 is 0 Å². The Morgan fingerprint density at radius 3 is 2.30 bits per heavy atom. The number of ether oxygens (including phenoxy) is 1. The van der Waals surface area contributed by atoms with Crippen molar-refractivity contribution in [2.45, 2.75) is 0 Å². The molecule has 0 spiro atoms. The van der Waals surface area contributed by atoms with Crippen molar-refractivity contribution in [2.75, 3.05) is 44.4 Å². The molecule has 0 radical (unpaired) electrons. The van der Waals surface area contributed by atoms with Crippen molar-refractivity contribution < 1.29 is 19.1 Å². The number of nitrogens with zero attached hydrogens (tertiary/aromatic N) is 2. The van der Waals surface area contributed by atoms with Crippen molar-refractivity contribution in [2.24, 2.45) is 0 Å².